The molecule has 12 nitrogen and oxygen atoms in total. The Hall–Kier alpha value is -6.18. The number of benzene rings is 5. The molecule has 3 amide bonds. The molecule has 2 atom stereocenters. The minimum Gasteiger partial charge on any atom is -0.493 e. The lowest BCUT2D eigenvalue weighted by atomic mass is 9.76. The fourth-order valence-electron chi connectivity index (χ4n) is 7.46. The van der Waals surface area contributed by atoms with Crippen LogP contribution in [-0.4, -0.2) is 57.1 Å². The Bertz CT molecular complexity index is 2650. The number of amides is 3. The van der Waals surface area contributed by atoms with Crippen molar-refractivity contribution in [1.82, 2.24) is 25.5 Å². The van der Waals surface area contributed by atoms with Crippen molar-refractivity contribution in [3.63, 3.8) is 0 Å². The summed E-state index contributed by atoms with van der Waals surface area (Å²) in [6.07, 6.45) is 2.53. The van der Waals surface area contributed by atoms with E-state index in [0.29, 0.717) is 51.7 Å². The molecular weight excluding hydrogens is 868 g/mol. The third-order valence-electron chi connectivity index (χ3n) is 12.3. The van der Waals surface area contributed by atoms with Gasteiger partial charge >= 0.3 is 6.03 Å². The molecule has 1 aliphatic rings. The number of para-hydroxylation sites is 1. The molecule has 0 spiro atoms. The summed E-state index contributed by atoms with van der Waals surface area (Å²) < 4.78 is 14.7. The van der Waals surface area contributed by atoms with E-state index in [0.717, 1.165) is 48.2 Å². The highest BCUT2D eigenvalue weighted by atomic mass is 35.5. The molecule has 0 saturated heterocycles. The summed E-state index contributed by atoms with van der Waals surface area (Å²) in [7, 11) is 0. The molecule has 0 bridgehead atoms. The normalized spacial score (nSPS) is 14.5. The van der Waals surface area contributed by atoms with Crippen LogP contribution in [0.1, 0.15) is 107 Å². The van der Waals surface area contributed by atoms with E-state index in [4.69, 9.17) is 26.2 Å². The summed E-state index contributed by atoms with van der Waals surface area (Å²) in [6.45, 7) is 18.7. The Balaban J connectivity index is 0.977. The number of carbonyl (C=O) groups excluding carboxylic acids is 2. The second-order valence-corrected chi connectivity index (χ2v) is 19.6. The van der Waals surface area contributed by atoms with Crippen LogP contribution in [-0.2, 0) is 15.6 Å². The van der Waals surface area contributed by atoms with Gasteiger partial charge in [-0.25, -0.2) is 4.79 Å². The maximum Gasteiger partial charge on any atom is 0.319 e. The van der Waals surface area contributed by atoms with Gasteiger partial charge in [0.25, 0.3) is 5.91 Å². The molecule has 2 heterocycles. The molecule has 66 heavy (non-hydrogen) atoms. The number of urea groups is 1. The maximum absolute atomic E-state index is 14.4. The zero-order valence-corrected chi connectivity index (χ0v) is 40.5. The van der Waals surface area contributed by atoms with E-state index in [1.54, 1.807) is 41.1 Å². The van der Waals surface area contributed by atoms with Gasteiger partial charge in [-0.05, 0) is 127 Å². The molecule has 2 unspecified atom stereocenters. The number of carbonyl (C=O) groups is 2. The number of nitrogens with zero attached hydrogens (tertiary/aromatic N) is 6. The van der Waals surface area contributed by atoms with Gasteiger partial charge in [-0.1, -0.05) is 125 Å². The van der Waals surface area contributed by atoms with E-state index in [1.807, 2.05) is 67.6 Å². The number of anilines is 2. The van der Waals surface area contributed by atoms with E-state index in [2.05, 4.69) is 92.8 Å². The number of halogens is 1. The van der Waals surface area contributed by atoms with Gasteiger partial charge in [-0.2, -0.15) is 14.8 Å². The van der Waals surface area contributed by atoms with Crippen molar-refractivity contribution < 1.29 is 19.1 Å². The monoisotopic (exact) mass is 926 g/mol. The Morgan fingerprint density at radius 3 is 2.27 bits per heavy atom. The molecule has 7 rings (SSSR count). The van der Waals surface area contributed by atoms with Crippen LogP contribution < -0.4 is 25.1 Å². The first-order chi connectivity index (χ1) is 31.7. The molecule has 0 fully saturated rings. The number of ether oxygens (including phenoxy) is 2. The van der Waals surface area contributed by atoms with E-state index >= 15 is 0 Å². The van der Waals surface area contributed by atoms with Crippen LogP contribution in [0.15, 0.2) is 126 Å². The molecule has 1 aromatic heterocycles. The lowest BCUT2D eigenvalue weighted by Gasteiger charge is -2.30. The minimum absolute atomic E-state index is 0.0142. The van der Waals surface area contributed by atoms with Crippen LogP contribution in [0.3, 0.4) is 0 Å². The molecule has 0 radical (unpaired) electrons. The van der Waals surface area contributed by atoms with Crippen molar-refractivity contribution in [2.45, 2.75) is 108 Å². The molecule has 0 saturated carbocycles. The average molecular weight is 928 g/mol. The van der Waals surface area contributed by atoms with Crippen LogP contribution in [0.2, 0.25) is 5.02 Å². The minimum atomic E-state index is -1.07. The highest BCUT2D eigenvalue weighted by Crippen LogP contribution is 2.41. The summed E-state index contributed by atoms with van der Waals surface area (Å²) in [4.78, 5) is 27.3. The Morgan fingerprint density at radius 1 is 0.848 bits per heavy atom. The largest absolute Gasteiger partial charge is 0.493 e. The average Bonchev–Trinajstić information content (AvgIpc) is 3.92. The Labute approximate surface area is 397 Å². The number of thioether (sulfide) groups is 1. The molecule has 1 aliphatic heterocycles. The van der Waals surface area contributed by atoms with Crippen LogP contribution >= 0.6 is 23.4 Å². The molecule has 0 aliphatic carbocycles. The van der Waals surface area contributed by atoms with Crippen molar-refractivity contribution in [3.05, 3.63) is 148 Å². The number of hydrazone groups is 1. The van der Waals surface area contributed by atoms with Crippen molar-refractivity contribution in [2.24, 2.45) is 5.10 Å². The van der Waals surface area contributed by atoms with Crippen molar-refractivity contribution in [1.29, 1.82) is 0 Å². The number of rotatable bonds is 19. The lowest BCUT2D eigenvalue weighted by molar-refractivity contribution is -0.121. The standard InChI is InChI=1S/C52H59ClN8O4S/c1-9-51(5,6)37-21-29-45(43(33-37)52(7,8)10-2)64-31-15-14-30-54-49(63)55-39-24-26-41(27-25-39)60-48(62)47(46(57-60)36-19-22-38(53)23-20-36)65-44-28-18-34(3)32-42(44)35(4)66-50-56-58-59-61(50)40-16-12-11-13-17-40/h11-13,16-29,32-33,35,47H,9-10,14-15,30-31H2,1-8H3,(H2,54,55,63). The zero-order chi connectivity index (χ0) is 47.0. The number of unbranched alkanes of at least 4 members (excludes halogenated alkanes) is 1. The first-order valence-electron chi connectivity index (χ1n) is 22.6. The van der Waals surface area contributed by atoms with Crippen LogP contribution in [0.4, 0.5) is 16.2 Å². The summed E-state index contributed by atoms with van der Waals surface area (Å²) >= 11 is 7.75. The zero-order valence-electron chi connectivity index (χ0n) is 39.0. The Morgan fingerprint density at radius 2 is 1.56 bits per heavy atom. The third kappa shape index (κ3) is 11.2. The third-order valence-corrected chi connectivity index (χ3v) is 13.7. The van der Waals surface area contributed by atoms with E-state index in [-0.39, 0.29) is 28.0 Å². The quantitative estimate of drug-likeness (QED) is 0.0605. The maximum atomic E-state index is 14.4. The van der Waals surface area contributed by atoms with E-state index in [9.17, 15) is 9.59 Å². The summed E-state index contributed by atoms with van der Waals surface area (Å²) in [5.74, 6) is 1.09. The highest BCUT2D eigenvalue weighted by Gasteiger charge is 2.40. The molecule has 344 valence electrons. The van der Waals surface area contributed by atoms with Gasteiger partial charge in [0.2, 0.25) is 11.3 Å². The SMILES string of the molecule is CCC(C)(C)c1ccc(OCCCCNC(=O)Nc2ccc(N3N=C(c4ccc(Cl)cc4)C(Oc4ccc(C)cc4C(C)Sc4nnnn4-c4ccccc4)C3=O)cc2)c(C(C)(C)CC)c1. The second-order valence-electron chi connectivity index (χ2n) is 17.8. The lowest BCUT2D eigenvalue weighted by Crippen LogP contribution is -2.37. The number of aryl methyl sites for hydroxylation is 1. The van der Waals surface area contributed by atoms with Gasteiger partial charge in [0.15, 0.2) is 0 Å². The van der Waals surface area contributed by atoms with Crippen molar-refractivity contribution >= 4 is 52.4 Å². The van der Waals surface area contributed by atoms with Crippen LogP contribution in [0.5, 0.6) is 11.5 Å². The second kappa shape index (κ2) is 21.0. The van der Waals surface area contributed by atoms with Gasteiger partial charge in [0.05, 0.1) is 18.0 Å². The van der Waals surface area contributed by atoms with Crippen molar-refractivity contribution in [3.8, 4) is 17.2 Å². The van der Waals surface area contributed by atoms with Gasteiger partial charge in [0.1, 0.15) is 17.2 Å². The van der Waals surface area contributed by atoms with Gasteiger partial charge in [0, 0.05) is 39.2 Å². The molecule has 14 heteroatoms. The fraction of sp³-hybridized carbons (Fsp3) is 0.346. The molecular formula is C52H59ClN8O4S. The van der Waals surface area contributed by atoms with Gasteiger partial charge in [-0.3, -0.25) is 4.79 Å². The van der Waals surface area contributed by atoms with E-state index in [1.165, 1.54) is 27.9 Å². The number of hydrogen-bond donors (Lipinski definition) is 2. The predicted molar refractivity (Wildman–Crippen MR) is 266 cm³/mol. The first kappa shape index (κ1) is 47.8. The number of tetrazole rings is 1. The summed E-state index contributed by atoms with van der Waals surface area (Å²) in [6, 6.07) is 36.0. The summed E-state index contributed by atoms with van der Waals surface area (Å²) in [5, 5.41) is 25.5. The number of aromatic nitrogens is 4. The molecule has 2 N–H and O–H groups in total. The molecule has 6 aromatic rings. The molecule has 5 aromatic carbocycles. The summed E-state index contributed by atoms with van der Waals surface area (Å²) in [5.41, 5.74) is 7.59. The van der Waals surface area contributed by atoms with Crippen LogP contribution in [0.25, 0.3) is 5.69 Å². The number of hydrogen-bond acceptors (Lipinski definition) is 9. The van der Waals surface area contributed by atoms with Gasteiger partial charge in [-0.15, -0.1) is 5.10 Å². The smallest absolute Gasteiger partial charge is 0.319 e. The number of nitrogens with one attached hydrogen (secondary N) is 2. The van der Waals surface area contributed by atoms with E-state index < -0.39 is 6.10 Å². The Kier molecular flexibility index (Phi) is 15.2. The highest BCUT2D eigenvalue weighted by molar-refractivity contribution is 7.99. The van der Waals surface area contributed by atoms with Gasteiger partial charge < -0.3 is 20.1 Å². The first-order valence-corrected chi connectivity index (χ1v) is 23.8. The van der Waals surface area contributed by atoms with Crippen LogP contribution in [0, 0.1) is 6.92 Å². The topological polar surface area (TPSA) is 136 Å². The fourth-order valence-corrected chi connectivity index (χ4v) is 8.53. The predicted octanol–water partition coefficient (Wildman–Crippen LogP) is 12.0. The van der Waals surface area contributed by atoms with Crippen molar-refractivity contribution in [2.75, 3.05) is 23.5 Å².